The number of hydrogen-bond donors (Lipinski definition) is 1. The summed E-state index contributed by atoms with van der Waals surface area (Å²) in [6.45, 7) is 1.03. The van der Waals surface area contributed by atoms with E-state index >= 15 is 0 Å². The molecular weight excluding hydrogens is 230 g/mol. The Balaban J connectivity index is 1.89. The van der Waals surface area contributed by atoms with Crippen LogP contribution in [0.15, 0.2) is 29.8 Å². The van der Waals surface area contributed by atoms with Gasteiger partial charge in [-0.25, -0.2) is 4.98 Å². The van der Waals surface area contributed by atoms with E-state index in [-0.39, 0.29) is 0 Å². The van der Waals surface area contributed by atoms with Crippen LogP contribution in [0.1, 0.15) is 17.8 Å². The molecule has 0 saturated heterocycles. The molecule has 4 heteroatoms. The molecule has 1 N–H and O–H groups in total. The lowest BCUT2D eigenvalue weighted by Gasteiger charge is -2.10. The monoisotopic (exact) mass is 245 g/mol. The Hall–Kier alpha value is -1.26. The molecule has 0 aliphatic heterocycles. The Morgan fingerprint density at radius 1 is 1.35 bits per heavy atom. The van der Waals surface area contributed by atoms with Crippen molar-refractivity contribution in [3.63, 3.8) is 0 Å². The first-order valence-corrected chi connectivity index (χ1v) is 6.74. The van der Waals surface area contributed by atoms with Crippen molar-refractivity contribution in [2.45, 2.75) is 18.3 Å². The minimum Gasteiger partial charge on any atom is -0.319 e. The van der Waals surface area contributed by atoms with Gasteiger partial charge in [0.15, 0.2) is 0 Å². The minimum absolute atomic E-state index is 0.312. The van der Waals surface area contributed by atoms with Crippen molar-refractivity contribution < 1.29 is 0 Å². The standard InChI is InChI=1S/C13H15N3S/c1-14-9-13(5-6-13)12-16-11(8-17-12)10-4-2-3-7-15-10/h2-4,7-8,14H,5-6,9H2,1H3. The van der Waals surface area contributed by atoms with Crippen molar-refractivity contribution in [3.8, 4) is 11.4 Å². The van der Waals surface area contributed by atoms with E-state index in [9.17, 15) is 0 Å². The number of hydrogen-bond acceptors (Lipinski definition) is 4. The topological polar surface area (TPSA) is 37.8 Å². The van der Waals surface area contributed by atoms with Gasteiger partial charge < -0.3 is 5.32 Å². The third-order valence-corrected chi connectivity index (χ3v) is 4.34. The SMILES string of the molecule is CNCC1(c2nc(-c3ccccn3)cs2)CC1. The predicted molar refractivity (Wildman–Crippen MR) is 70.2 cm³/mol. The molecule has 0 radical (unpaired) electrons. The zero-order valence-electron chi connectivity index (χ0n) is 9.81. The molecule has 2 aromatic rings. The van der Waals surface area contributed by atoms with Crippen molar-refractivity contribution in [1.29, 1.82) is 0 Å². The maximum atomic E-state index is 4.75. The largest absolute Gasteiger partial charge is 0.319 e. The van der Waals surface area contributed by atoms with Crippen LogP contribution < -0.4 is 5.32 Å². The molecule has 0 bridgehead atoms. The van der Waals surface area contributed by atoms with E-state index in [1.165, 1.54) is 17.8 Å². The van der Waals surface area contributed by atoms with Gasteiger partial charge in [-0.1, -0.05) is 6.07 Å². The molecule has 0 aromatic carbocycles. The molecule has 0 unspecified atom stereocenters. The van der Waals surface area contributed by atoms with E-state index in [1.807, 2.05) is 31.4 Å². The first-order valence-electron chi connectivity index (χ1n) is 5.86. The average Bonchev–Trinajstić information content (AvgIpc) is 2.98. The van der Waals surface area contributed by atoms with Crippen molar-refractivity contribution in [2.24, 2.45) is 0 Å². The lowest BCUT2D eigenvalue weighted by Crippen LogP contribution is -2.23. The zero-order valence-corrected chi connectivity index (χ0v) is 10.6. The lowest BCUT2D eigenvalue weighted by atomic mass is 10.1. The van der Waals surface area contributed by atoms with Crippen LogP contribution in [-0.2, 0) is 5.41 Å². The van der Waals surface area contributed by atoms with Crippen LogP contribution in [0.2, 0.25) is 0 Å². The van der Waals surface area contributed by atoms with Crippen molar-refractivity contribution in [2.75, 3.05) is 13.6 Å². The summed E-state index contributed by atoms with van der Waals surface area (Å²) in [4.78, 5) is 9.09. The van der Waals surface area contributed by atoms with Gasteiger partial charge in [-0.2, -0.15) is 0 Å². The summed E-state index contributed by atoms with van der Waals surface area (Å²) in [5, 5.41) is 6.64. The highest BCUT2D eigenvalue weighted by molar-refractivity contribution is 7.10. The first kappa shape index (κ1) is 10.9. The van der Waals surface area contributed by atoms with E-state index < -0.39 is 0 Å². The highest BCUT2D eigenvalue weighted by Crippen LogP contribution is 2.49. The fraction of sp³-hybridized carbons (Fsp3) is 0.385. The van der Waals surface area contributed by atoms with Gasteiger partial charge in [-0.05, 0) is 32.0 Å². The maximum absolute atomic E-state index is 4.75. The van der Waals surface area contributed by atoms with Crippen LogP contribution >= 0.6 is 11.3 Å². The lowest BCUT2D eigenvalue weighted by molar-refractivity contribution is 0.621. The number of aromatic nitrogens is 2. The van der Waals surface area contributed by atoms with Crippen molar-refractivity contribution in [3.05, 3.63) is 34.8 Å². The molecule has 0 amide bonds. The van der Waals surface area contributed by atoms with Gasteiger partial charge in [0.05, 0.1) is 11.4 Å². The number of likely N-dealkylation sites (N-methyl/N-ethyl adjacent to an activating group) is 1. The molecule has 1 saturated carbocycles. The highest BCUT2D eigenvalue weighted by Gasteiger charge is 2.46. The Bertz CT molecular complexity index is 502. The van der Waals surface area contributed by atoms with Crippen molar-refractivity contribution in [1.82, 2.24) is 15.3 Å². The number of pyridine rings is 1. The molecular formula is C13H15N3S. The maximum Gasteiger partial charge on any atom is 0.101 e. The fourth-order valence-corrected chi connectivity index (χ4v) is 3.18. The summed E-state index contributed by atoms with van der Waals surface area (Å²) in [5.74, 6) is 0. The molecule has 88 valence electrons. The van der Waals surface area contributed by atoms with E-state index in [2.05, 4.69) is 15.7 Å². The Kier molecular flexibility index (Phi) is 2.68. The molecule has 1 fully saturated rings. The molecule has 2 heterocycles. The third-order valence-electron chi connectivity index (χ3n) is 3.25. The van der Waals surface area contributed by atoms with E-state index in [1.54, 1.807) is 11.3 Å². The van der Waals surface area contributed by atoms with Crippen LogP contribution in [0.5, 0.6) is 0 Å². The van der Waals surface area contributed by atoms with Crippen LogP contribution in [0.25, 0.3) is 11.4 Å². The van der Waals surface area contributed by atoms with Crippen molar-refractivity contribution >= 4 is 11.3 Å². The van der Waals surface area contributed by atoms with E-state index in [0.29, 0.717) is 5.41 Å². The second-order valence-electron chi connectivity index (χ2n) is 4.56. The van der Waals surface area contributed by atoms with Crippen LogP contribution in [0.3, 0.4) is 0 Å². The Labute approximate surface area is 105 Å². The van der Waals surface area contributed by atoms with Crippen LogP contribution in [0, 0.1) is 0 Å². The Morgan fingerprint density at radius 3 is 2.88 bits per heavy atom. The van der Waals surface area contributed by atoms with Crippen LogP contribution in [-0.4, -0.2) is 23.6 Å². The van der Waals surface area contributed by atoms with E-state index in [0.717, 1.165) is 17.9 Å². The van der Waals surface area contributed by atoms with Gasteiger partial charge in [0.25, 0.3) is 0 Å². The summed E-state index contributed by atoms with van der Waals surface area (Å²) in [6.07, 6.45) is 4.32. The van der Waals surface area contributed by atoms with Gasteiger partial charge in [0.1, 0.15) is 5.01 Å². The highest BCUT2D eigenvalue weighted by atomic mass is 32.1. The number of thiazole rings is 1. The van der Waals surface area contributed by atoms with Gasteiger partial charge in [-0.15, -0.1) is 11.3 Å². The molecule has 3 nitrogen and oxygen atoms in total. The molecule has 1 aliphatic rings. The average molecular weight is 245 g/mol. The minimum atomic E-state index is 0.312. The summed E-state index contributed by atoms with van der Waals surface area (Å²) in [6, 6.07) is 5.94. The predicted octanol–water partition coefficient (Wildman–Crippen LogP) is 2.46. The molecule has 0 spiro atoms. The second kappa shape index (κ2) is 4.20. The van der Waals surface area contributed by atoms with Gasteiger partial charge in [0, 0.05) is 23.5 Å². The number of rotatable bonds is 4. The normalized spacial score (nSPS) is 17.0. The molecule has 17 heavy (non-hydrogen) atoms. The summed E-state index contributed by atoms with van der Waals surface area (Å²) < 4.78 is 0. The Morgan fingerprint density at radius 2 is 2.24 bits per heavy atom. The summed E-state index contributed by atoms with van der Waals surface area (Å²) in [7, 11) is 2.01. The molecule has 1 aliphatic carbocycles. The summed E-state index contributed by atoms with van der Waals surface area (Å²) >= 11 is 1.76. The quantitative estimate of drug-likeness (QED) is 0.899. The van der Waals surface area contributed by atoms with Gasteiger partial charge >= 0.3 is 0 Å². The first-order chi connectivity index (χ1) is 8.34. The second-order valence-corrected chi connectivity index (χ2v) is 5.42. The number of nitrogens with one attached hydrogen (secondary N) is 1. The van der Waals surface area contributed by atoms with Crippen LogP contribution in [0.4, 0.5) is 0 Å². The van der Waals surface area contributed by atoms with E-state index in [4.69, 9.17) is 4.98 Å². The third kappa shape index (κ3) is 1.98. The van der Waals surface area contributed by atoms with Gasteiger partial charge in [-0.3, -0.25) is 4.98 Å². The van der Waals surface area contributed by atoms with Gasteiger partial charge in [0.2, 0.25) is 0 Å². The molecule has 0 atom stereocenters. The smallest absolute Gasteiger partial charge is 0.101 e. The zero-order chi connectivity index (χ0) is 11.7. The fourth-order valence-electron chi connectivity index (χ4n) is 2.10. The molecule has 3 rings (SSSR count). The number of nitrogens with zero attached hydrogens (tertiary/aromatic N) is 2. The molecule has 2 aromatic heterocycles. The summed E-state index contributed by atoms with van der Waals surface area (Å²) in [5.41, 5.74) is 2.29.